The Morgan fingerprint density at radius 1 is 1.00 bits per heavy atom. The van der Waals surface area contributed by atoms with Crippen LogP contribution in [0.5, 0.6) is 5.75 Å². The van der Waals surface area contributed by atoms with Crippen LogP contribution in [0.4, 0.5) is 5.69 Å². The maximum absolute atomic E-state index is 12.8. The van der Waals surface area contributed by atoms with E-state index in [9.17, 15) is 4.79 Å². The highest BCUT2D eigenvalue weighted by molar-refractivity contribution is 6.30. The molecule has 4 rings (SSSR count). The molecule has 31 heavy (non-hydrogen) atoms. The van der Waals surface area contributed by atoms with E-state index in [0.717, 1.165) is 34.3 Å². The second-order valence-electron chi connectivity index (χ2n) is 7.19. The van der Waals surface area contributed by atoms with Crippen LogP contribution < -0.4 is 10.1 Å². The molecule has 1 heterocycles. The molecule has 0 fully saturated rings. The zero-order valence-corrected chi connectivity index (χ0v) is 18.2. The molecule has 0 radical (unpaired) electrons. The van der Waals surface area contributed by atoms with Crippen LogP contribution in [0.1, 0.15) is 29.8 Å². The molecular weight excluding hydrogens is 408 g/mol. The van der Waals surface area contributed by atoms with E-state index in [0.29, 0.717) is 22.9 Å². The van der Waals surface area contributed by atoms with Crippen molar-refractivity contribution in [2.45, 2.75) is 20.3 Å². The van der Waals surface area contributed by atoms with Crippen LogP contribution in [-0.4, -0.2) is 17.5 Å². The predicted molar refractivity (Wildman–Crippen MR) is 127 cm³/mol. The fraction of sp³-hybridized carbons (Fsp3) is 0.154. The number of rotatable bonds is 6. The van der Waals surface area contributed by atoms with Gasteiger partial charge in [-0.2, -0.15) is 0 Å². The average Bonchev–Trinajstić information content (AvgIpc) is 2.79. The number of carbonyl (C=O) groups is 1. The summed E-state index contributed by atoms with van der Waals surface area (Å²) >= 11 is 6.15. The number of benzene rings is 3. The number of fused-ring (bicyclic) bond motifs is 1. The summed E-state index contributed by atoms with van der Waals surface area (Å²) in [6.45, 7) is 4.54. The number of carbonyl (C=O) groups excluding carboxylic acids is 1. The van der Waals surface area contributed by atoms with Crippen molar-refractivity contribution in [3.05, 3.63) is 88.9 Å². The van der Waals surface area contributed by atoms with Gasteiger partial charge in [0.05, 0.1) is 17.8 Å². The summed E-state index contributed by atoms with van der Waals surface area (Å²) in [4.78, 5) is 17.6. The minimum Gasteiger partial charge on any atom is -0.493 e. The molecule has 4 aromatic rings. The third kappa shape index (κ3) is 4.70. The van der Waals surface area contributed by atoms with Gasteiger partial charge in [0, 0.05) is 33.3 Å². The van der Waals surface area contributed by atoms with Crippen molar-refractivity contribution in [1.82, 2.24) is 4.98 Å². The lowest BCUT2D eigenvalue weighted by molar-refractivity contribution is 0.102. The third-order valence-corrected chi connectivity index (χ3v) is 5.31. The number of halogens is 1. The fourth-order valence-corrected chi connectivity index (χ4v) is 3.62. The number of aryl methyl sites for hydroxylation is 1. The molecule has 156 valence electrons. The molecule has 1 aromatic heterocycles. The quantitative estimate of drug-likeness (QED) is 0.367. The highest BCUT2D eigenvalue weighted by Gasteiger charge is 2.13. The predicted octanol–water partition coefficient (Wildman–Crippen LogP) is 6.77. The van der Waals surface area contributed by atoms with E-state index in [-0.39, 0.29) is 5.91 Å². The first-order valence-electron chi connectivity index (χ1n) is 10.3. The molecule has 1 amide bonds. The Morgan fingerprint density at radius 2 is 1.81 bits per heavy atom. The Hall–Kier alpha value is -3.37. The minimum absolute atomic E-state index is 0.174. The summed E-state index contributed by atoms with van der Waals surface area (Å²) in [5.41, 5.74) is 4.97. The van der Waals surface area contributed by atoms with Crippen molar-refractivity contribution in [2.24, 2.45) is 0 Å². The lowest BCUT2D eigenvalue weighted by atomic mass is 10.1. The summed E-state index contributed by atoms with van der Waals surface area (Å²) in [5, 5.41) is 4.40. The summed E-state index contributed by atoms with van der Waals surface area (Å²) in [6, 6.07) is 22.8. The molecule has 0 bridgehead atoms. The Balaban J connectivity index is 1.69. The summed E-state index contributed by atoms with van der Waals surface area (Å²) < 4.78 is 5.89. The first-order chi connectivity index (χ1) is 15.1. The van der Waals surface area contributed by atoms with Gasteiger partial charge in [-0.05, 0) is 61.4 Å². The number of anilines is 1. The Labute approximate surface area is 186 Å². The molecule has 4 nitrogen and oxygen atoms in total. The van der Waals surface area contributed by atoms with Crippen LogP contribution in [0.15, 0.2) is 72.8 Å². The largest absolute Gasteiger partial charge is 0.493 e. The van der Waals surface area contributed by atoms with E-state index >= 15 is 0 Å². The standard InChI is InChI=1S/C26H23ClN2O2/c1-3-17-8-11-21(12-9-17)28-26(30)19-10-13-23-22(15-19)25(31-4-2)16-24(29-23)18-6-5-7-20(27)14-18/h5-16H,3-4H2,1-2H3,(H,28,30). The van der Waals surface area contributed by atoms with Gasteiger partial charge in [-0.25, -0.2) is 4.98 Å². The van der Waals surface area contributed by atoms with Gasteiger partial charge in [0.25, 0.3) is 5.91 Å². The zero-order valence-electron chi connectivity index (χ0n) is 17.5. The fourth-order valence-electron chi connectivity index (χ4n) is 3.43. The molecule has 0 aliphatic heterocycles. The molecule has 0 unspecified atom stereocenters. The third-order valence-electron chi connectivity index (χ3n) is 5.07. The summed E-state index contributed by atoms with van der Waals surface area (Å²) in [5.74, 6) is 0.511. The molecule has 1 N–H and O–H groups in total. The molecule has 0 atom stereocenters. The number of nitrogens with one attached hydrogen (secondary N) is 1. The topological polar surface area (TPSA) is 51.2 Å². The van der Waals surface area contributed by atoms with Gasteiger partial charge in [-0.3, -0.25) is 4.79 Å². The summed E-state index contributed by atoms with van der Waals surface area (Å²) in [7, 11) is 0. The van der Waals surface area contributed by atoms with Crippen LogP contribution in [0.3, 0.4) is 0 Å². The average molecular weight is 431 g/mol. The van der Waals surface area contributed by atoms with Crippen molar-refractivity contribution >= 4 is 34.1 Å². The van der Waals surface area contributed by atoms with Gasteiger partial charge >= 0.3 is 0 Å². The van der Waals surface area contributed by atoms with Gasteiger partial charge in [-0.1, -0.05) is 42.8 Å². The van der Waals surface area contributed by atoms with E-state index < -0.39 is 0 Å². The van der Waals surface area contributed by atoms with E-state index in [2.05, 4.69) is 12.2 Å². The van der Waals surface area contributed by atoms with Crippen molar-refractivity contribution in [1.29, 1.82) is 0 Å². The number of pyridine rings is 1. The molecule has 0 aliphatic rings. The van der Waals surface area contributed by atoms with Crippen molar-refractivity contribution in [3.8, 4) is 17.0 Å². The van der Waals surface area contributed by atoms with Crippen molar-refractivity contribution in [2.75, 3.05) is 11.9 Å². The maximum Gasteiger partial charge on any atom is 0.255 e. The van der Waals surface area contributed by atoms with Crippen molar-refractivity contribution < 1.29 is 9.53 Å². The van der Waals surface area contributed by atoms with E-state index in [1.165, 1.54) is 5.56 Å². The molecular formula is C26H23ClN2O2. The SMILES string of the molecule is CCOc1cc(-c2cccc(Cl)c2)nc2ccc(C(=O)Nc3ccc(CC)cc3)cc12. The number of nitrogens with zero attached hydrogens (tertiary/aromatic N) is 1. The lowest BCUT2D eigenvalue weighted by Crippen LogP contribution is -2.12. The van der Waals surface area contributed by atoms with Gasteiger partial charge in [-0.15, -0.1) is 0 Å². The number of ether oxygens (including phenoxy) is 1. The molecule has 3 aromatic carbocycles. The molecule has 0 spiro atoms. The number of hydrogen-bond donors (Lipinski definition) is 1. The van der Waals surface area contributed by atoms with E-state index in [4.69, 9.17) is 21.3 Å². The van der Waals surface area contributed by atoms with E-state index in [1.807, 2.05) is 73.7 Å². The number of amides is 1. The van der Waals surface area contributed by atoms with Crippen molar-refractivity contribution in [3.63, 3.8) is 0 Å². The first kappa shape index (κ1) is 20.9. The monoisotopic (exact) mass is 430 g/mol. The van der Waals surface area contributed by atoms with Crippen LogP contribution in [0, 0.1) is 0 Å². The Bertz CT molecular complexity index is 1240. The Morgan fingerprint density at radius 3 is 2.52 bits per heavy atom. The highest BCUT2D eigenvalue weighted by atomic mass is 35.5. The van der Waals surface area contributed by atoms with Gasteiger partial charge < -0.3 is 10.1 Å². The second-order valence-corrected chi connectivity index (χ2v) is 7.62. The van der Waals surface area contributed by atoms with Crippen LogP contribution in [0.2, 0.25) is 5.02 Å². The lowest BCUT2D eigenvalue weighted by Gasteiger charge is -2.12. The first-order valence-corrected chi connectivity index (χ1v) is 10.7. The number of hydrogen-bond acceptors (Lipinski definition) is 3. The van der Waals surface area contributed by atoms with Gasteiger partial charge in [0.15, 0.2) is 0 Å². The Kier molecular flexibility index (Phi) is 6.19. The smallest absolute Gasteiger partial charge is 0.255 e. The molecule has 5 heteroatoms. The van der Waals surface area contributed by atoms with E-state index in [1.54, 1.807) is 6.07 Å². The molecule has 0 aliphatic carbocycles. The minimum atomic E-state index is -0.174. The second kappa shape index (κ2) is 9.19. The highest BCUT2D eigenvalue weighted by Crippen LogP contribution is 2.32. The number of aromatic nitrogens is 1. The normalized spacial score (nSPS) is 10.8. The molecule has 0 saturated heterocycles. The van der Waals surface area contributed by atoms with Crippen LogP contribution >= 0.6 is 11.6 Å². The van der Waals surface area contributed by atoms with Gasteiger partial charge in [0.1, 0.15) is 5.75 Å². The zero-order chi connectivity index (χ0) is 21.8. The molecule has 0 saturated carbocycles. The van der Waals surface area contributed by atoms with Crippen LogP contribution in [-0.2, 0) is 6.42 Å². The summed E-state index contributed by atoms with van der Waals surface area (Å²) in [6.07, 6.45) is 0.962. The van der Waals surface area contributed by atoms with Crippen LogP contribution in [0.25, 0.3) is 22.2 Å². The van der Waals surface area contributed by atoms with Gasteiger partial charge in [0.2, 0.25) is 0 Å². The maximum atomic E-state index is 12.8.